The van der Waals surface area contributed by atoms with Crippen molar-refractivity contribution in [3.05, 3.63) is 0 Å². The Hall–Kier alpha value is 0.734. The van der Waals surface area contributed by atoms with Crippen LogP contribution >= 0.6 is 0 Å². The monoisotopic (exact) mass is 139 g/mol. The van der Waals surface area contributed by atoms with Gasteiger partial charge >= 0.3 is 35.9 Å². The van der Waals surface area contributed by atoms with E-state index in [1.165, 1.54) is 0 Å². The molecular weight excluding hydrogens is 138 g/mol. The van der Waals surface area contributed by atoms with Gasteiger partial charge in [0.2, 0.25) is 0 Å². The van der Waals surface area contributed by atoms with Gasteiger partial charge in [-0.15, -0.1) is 0 Å². The SMILES string of the molecule is O=[Si]([O-])[O-].[LiH].[Mn+2]. The number of hydrogen-bond acceptors (Lipinski definition) is 3. The minimum absolute atomic E-state index is 0. The van der Waals surface area contributed by atoms with Gasteiger partial charge in [0.1, 0.15) is 0 Å². The maximum atomic E-state index is 8.52. The van der Waals surface area contributed by atoms with E-state index >= 15 is 0 Å². The van der Waals surface area contributed by atoms with Gasteiger partial charge in [-0.1, -0.05) is 0 Å². The van der Waals surface area contributed by atoms with Gasteiger partial charge in [-0.3, -0.25) is 0 Å². The summed E-state index contributed by atoms with van der Waals surface area (Å²) in [6, 6.07) is 0. The van der Waals surface area contributed by atoms with Gasteiger partial charge in [0, 0.05) is 9.17 Å². The third kappa shape index (κ3) is 123. The van der Waals surface area contributed by atoms with Crippen molar-refractivity contribution in [1.29, 1.82) is 0 Å². The summed E-state index contributed by atoms with van der Waals surface area (Å²) < 4.78 is 8.52. The topological polar surface area (TPSA) is 63.2 Å². The summed E-state index contributed by atoms with van der Waals surface area (Å²) in [5.41, 5.74) is 0. The second kappa shape index (κ2) is 9.22. The quantitative estimate of drug-likeness (QED) is 0.326. The number of hydrogen-bond donors (Lipinski definition) is 0. The van der Waals surface area contributed by atoms with Crippen LogP contribution in [0.4, 0.5) is 0 Å². The first-order valence-electron chi connectivity index (χ1n) is 0.612. The van der Waals surface area contributed by atoms with E-state index in [0.29, 0.717) is 0 Å². The molecule has 0 aromatic carbocycles. The van der Waals surface area contributed by atoms with Crippen molar-refractivity contribution in [2.24, 2.45) is 0 Å². The van der Waals surface area contributed by atoms with Crippen LogP contribution in [0.2, 0.25) is 0 Å². The molecule has 0 N–H and O–H groups in total. The summed E-state index contributed by atoms with van der Waals surface area (Å²) in [4.78, 5) is 17.0. The molecule has 0 saturated heterocycles. The molecule has 0 saturated carbocycles. The largest absolute Gasteiger partial charge is 2.00 e. The Morgan fingerprint density at radius 3 is 1.33 bits per heavy atom. The molecule has 0 aliphatic heterocycles. The summed E-state index contributed by atoms with van der Waals surface area (Å²) in [6.45, 7) is 0. The maximum absolute atomic E-state index is 8.52. The van der Waals surface area contributed by atoms with E-state index in [1.807, 2.05) is 0 Å². The molecule has 0 aliphatic carbocycles. The summed E-state index contributed by atoms with van der Waals surface area (Å²) in [5, 5.41) is 0. The standard InChI is InChI=1S/Li.Mn.O3Si.H/c;;1-4(2)3;/q;+2;-2;. The molecular formula is HLiMnO3Si. The Balaban J connectivity index is -0.0000000450. The zero-order chi connectivity index (χ0) is 3.58. The summed E-state index contributed by atoms with van der Waals surface area (Å²) >= 11 is 0. The second-order valence-corrected chi connectivity index (χ2v) is 0.750. The van der Waals surface area contributed by atoms with Crippen LogP contribution in [0, 0.1) is 0 Å². The molecule has 31 valence electrons. The van der Waals surface area contributed by atoms with Crippen LogP contribution in [-0.2, 0) is 21.5 Å². The molecule has 3 nitrogen and oxygen atoms in total. The van der Waals surface area contributed by atoms with E-state index in [9.17, 15) is 0 Å². The first-order chi connectivity index (χ1) is 1.73. The van der Waals surface area contributed by atoms with E-state index in [-0.39, 0.29) is 35.9 Å². The fraction of sp³-hybridized carbons (Fsp3) is 0. The summed E-state index contributed by atoms with van der Waals surface area (Å²) in [6.07, 6.45) is 0. The van der Waals surface area contributed by atoms with Crippen molar-refractivity contribution in [3.8, 4) is 0 Å². The second-order valence-electron chi connectivity index (χ2n) is 0.250. The van der Waals surface area contributed by atoms with E-state index in [2.05, 4.69) is 0 Å². The summed E-state index contributed by atoms with van der Waals surface area (Å²) in [7, 11) is -3.63. The van der Waals surface area contributed by atoms with Crippen molar-refractivity contribution in [3.63, 3.8) is 0 Å². The van der Waals surface area contributed by atoms with E-state index < -0.39 is 9.17 Å². The first kappa shape index (κ1) is 15.9. The predicted molar refractivity (Wildman–Crippen MR) is 13.6 cm³/mol. The molecule has 6 heavy (non-hydrogen) atoms. The van der Waals surface area contributed by atoms with Crippen LogP contribution in [0.3, 0.4) is 0 Å². The molecule has 0 aromatic rings. The van der Waals surface area contributed by atoms with Gasteiger partial charge in [0.25, 0.3) is 0 Å². The minimum Gasteiger partial charge on any atom is 2.00 e. The van der Waals surface area contributed by atoms with E-state index in [4.69, 9.17) is 14.1 Å². The Morgan fingerprint density at radius 1 is 1.33 bits per heavy atom. The average Bonchev–Trinajstić information content (AvgIpc) is 0.811. The van der Waals surface area contributed by atoms with E-state index in [1.54, 1.807) is 0 Å². The molecule has 0 unspecified atom stereocenters. The molecule has 6 heteroatoms. The fourth-order valence-corrected chi connectivity index (χ4v) is 0. The van der Waals surface area contributed by atoms with Crippen LogP contribution in [0.1, 0.15) is 0 Å². The molecule has 0 rings (SSSR count). The Bertz CT molecular complexity index is 33.8. The molecule has 0 heterocycles. The zero-order valence-electron chi connectivity index (χ0n) is 2.10. The Labute approximate surface area is 59.3 Å². The average molecular weight is 139 g/mol. The van der Waals surface area contributed by atoms with Gasteiger partial charge in [-0.2, -0.15) is 0 Å². The van der Waals surface area contributed by atoms with Crippen LogP contribution in [0.5, 0.6) is 0 Å². The Morgan fingerprint density at radius 2 is 1.33 bits per heavy atom. The third-order valence-corrected chi connectivity index (χ3v) is 0. The molecule has 0 amide bonds. The first-order valence-corrected chi connectivity index (χ1v) is 1.84. The Kier molecular flexibility index (Phi) is 24.4. The van der Waals surface area contributed by atoms with Crippen LogP contribution in [0.15, 0.2) is 0 Å². The normalized spacial score (nSPS) is 4.00. The molecule has 0 spiro atoms. The third-order valence-electron chi connectivity index (χ3n) is 0. The van der Waals surface area contributed by atoms with Crippen molar-refractivity contribution >= 4 is 28.0 Å². The van der Waals surface area contributed by atoms with Gasteiger partial charge in [0.15, 0.2) is 0 Å². The van der Waals surface area contributed by atoms with Crippen LogP contribution in [0.25, 0.3) is 0 Å². The molecule has 1 radical (unpaired) electrons. The molecule has 0 aromatic heterocycles. The zero-order valence-corrected chi connectivity index (χ0v) is 4.28. The van der Waals surface area contributed by atoms with Crippen molar-refractivity contribution in [1.82, 2.24) is 0 Å². The van der Waals surface area contributed by atoms with Gasteiger partial charge in [0.05, 0.1) is 0 Å². The van der Waals surface area contributed by atoms with Gasteiger partial charge < -0.3 is 14.1 Å². The van der Waals surface area contributed by atoms with Crippen molar-refractivity contribution in [2.75, 3.05) is 0 Å². The van der Waals surface area contributed by atoms with E-state index in [0.717, 1.165) is 0 Å². The molecule has 0 aliphatic rings. The molecule has 0 fully saturated rings. The van der Waals surface area contributed by atoms with Gasteiger partial charge in [-0.05, 0) is 0 Å². The smallest absolute Gasteiger partial charge is 2.00 e. The van der Waals surface area contributed by atoms with Crippen LogP contribution in [-0.4, -0.2) is 28.0 Å². The predicted octanol–water partition coefficient (Wildman–Crippen LogP) is -3.53. The fourth-order valence-electron chi connectivity index (χ4n) is 0. The van der Waals surface area contributed by atoms with Crippen molar-refractivity contribution < 1.29 is 31.1 Å². The summed E-state index contributed by atoms with van der Waals surface area (Å²) in [5.74, 6) is 0. The van der Waals surface area contributed by atoms with Crippen molar-refractivity contribution in [2.45, 2.75) is 0 Å². The van der Waals surface area contributed by atoms with Gasteiger partial charge in [-0.25, -0.2) is 0 Å². The maximum Gasteiger partial charge on any atom is 2.00 e. The minimum atomic E-state index is -3.63. The van der Waals surface area contributed by atoms with Crippen LogP contribution < -0.4 is 9.59 Å². The number of rotatable bonds is 0. The molecule has 0 atom stereocenters. The molecule has 0 bridgehead atoms.